The smallest absolute Gasteiger partial charge is 0.244 e. The summed E-state index contributed by atoms with van der Waals surface area (Å²) in [4.78, 5) is 0. The van der Waals surface area contributed by atoms with Crippen molar-refractivity contribution < 1.29 is 13.9 Å². The Morgan fingerprint density at radius 2 is 2.17 bits per heavy atom. The molecule has 1 atom stereocenters. The van der Waals surface area contributed by atoms with Crippen LogP contribution in [0.25, 0.3) is 0 Å². The largest absolute Gasteiger partial charge is 0.488 e. The van der Waals surface area contributed by atoms with Crippen molar-refractivity contribution in [2.45, 2.75) is 19.4 Å². The molecule has 0 amide bonds. The lowest BCUT2D eigenvalue weighted by Crippen LogP contribution is -2.21. The summed E-state index contributed by atoms with van der Waals surface area (Å²) < 4.78 is 25.3. The van der Waals surface area contributed by atoms with Crippen LogP contribution in [-0.2, 0) is 6.61 Å². The van der Waals surface area contributed by atoms with Crippen LogP contribution in [0.3, 0.4) is 0 Å². The highest BCUT2D eigenvalue weighted by Gasteiger charge is 2.34. The average Bonchev–Trinajstić information content (AvgIpc) is 3.06. The van der Waals surface area contributed by atoms with E-state index in [0.29, 0.717) is 21.7 Å². The highest BCUT2D eigenvalue weighted by molar-refractivity contribution is 9.10. The van der Waals surface area contributed by atoms with E-state index in [-0.39, 0.29) is 18.3 Å². The molecule has 1 aromatic heterocycles. The molecule has 0 spiro atoms. The number of halogens is 2. The zero-order chi connectivity index (χ0) is 20.5. The quantitative estimate of drug-likeness (QED) is 0.607. The summed E-state index contributed by atoms with van der Waals surface area (Å²) in [6.07, 6.45) is 0. The molecule has 0 saturated heterocycles. The normalized spacial score (nSPS) is 15.4. The number of aromatic nitrogens is 2. The molecule has 3 aromatic rings. The van der Waals surface area contributed by atoms with Crippen LogP contribution >= 0.6 is 15.9 Å². The van der Waals surface area contributed by atoms with Crippen molar-refractivity contribution >= 4 is 15.9 Å². The van der Waals surface area contributed by atoms with Gasteiger partial charge < -0.3 is 15.2 Å². The number of rotatable bonds is 4. The molecule has 0 fully saturated rings. The first-order valence-electron chi connectivity index (χ1n) is 8.77. The zero-order valence-corrected chi connectivity index (χ0v) is 17.0. The fourth-order valence-corrected chi connectivity index (χ4v) is 3.84. The van der Waals surface area contributed by atoms with Gasteiger partial charge in [0.05, 0.1) is 10.4 Å². The van der Waals surface area contributed by atoms with Gasteiger partial charge in [0.15, 0.2) is 0 Å². The van der Waals surface area contributed by atoms with Gasteiger partial charge in [0.1, 0.15) is 29.8 Å². The number of aryl methyl sites for hydroxylation is 1. The second kappa shape index (κ2) is 7.60. The fourth-order valence-electron chi connectivity index (χ4n) is 3.33. The van der Waals surface area contributed by atoms with Crippen LogP contribution in [0, 0.1) is 24.1 Å². The molecule has 0 aliphatic carbocycles. The van der Waals surface area contributed by atoms with Gasteiger partial charge in [0.2, 0.25) is 11.8 Å². The second-order valence-corrected chi connectivity index (χ2v) is 7.46. The van der Waals surface area contributed by atoms with Crippen LogP contribution in [0.4, 0.5) is 4.39 Å². The summed E-state index contributed by atoms with van der Waals surface area (Å²) in [5.41, 5.74) is 9.41. The van der Waals surface area contributed by atoms with Gasteiger partial charge in [0.25, 0.3) is 0 Å². The minimum Gasteiger partial charge on any atom is -0.488 e. The third-order valence-electron chi connectivity index (χ3n) is 4.70. The summed E-state index contributed by atoms with van der Waals surface area (Å²) in [5, 5.41) is 16.6. The van der Waals surface area contributed by atoms with E-state index in [9.17, 15) is 9.65 Å². The number of aromatic amines is 1. The Bertz CT molecular complexity index is 1170. The predicted octanol–water partition coefficient (Wildman–Crippen LogP) is 4.42. The number of allylic oxidation sites excluding steroid dienone is 1. The molecule has 0 unspecified atom stereocenters. The van der Waals surface area contributed by atoms with Crippen LogP contribution < -0.4 is 15.2 Å². The van der Waals surface area contributed by atoms with Gasteiger partial charge in [-0.15, -0.1) is 5.10 Å². The van der Waals surface area contributed by atoms with Crippen molar-refractivity contribution in [1.82, 2.24) is 10.2 Å². The van der Waals surface area contributed by atoms with Crippen molar-refractivity contribution in [3.8, 4) is 17.7 Å². The van der Waals surface area contributed by atoms with Crippen LogP contribution in [0.15, 0.2) is 58.4 Å². The number of nitrogens with two attached hydrogens (primary N) is 1. The van der Waals surface area contributed by atoms with Gasteiger partial charge >= 0.3 is 0 Å². The first-order chi connectivity index (χ1) is 14.0. The van der Waals surface area contributed by atoms with Gasteiger partial charge in [0, 0.05) is 11.3 Å². The lowest BCUT2D eigenvalue weighted by Gasteiger charge is -2.24. The number of hydrogen-bond donors (Lipinski definition) is 2. The number of H-pyrrole nitrogens is 1. The van der Waals surface area contributed by atoms with Gasteiger partial charge in [-0.25, -0.2) is 4.39 Å². The minimum atomic E-state index is -0.406. The van der Waals surface area contributed by atoms with Crippen molar-refractivity contribution in [3.63, 3.8) is 0 Å². The Balaban J connectivity index is 1.65. The first kappa shape index (κ1) is 19.0. The van der Waals surface area contributed by atoms with E-state index in [0.717, 1.165) is 22.4 Å². The third kappa shape index (κ3) is 3.57. The molecule has 29 heavy (non-hydrogen) atoms. The molecular formula is C21H16BrFN4O2. The standard InChI is InChI=1S/C21H16BrFN4O2/c1-11-18-19(15(9-24)20(25)29-21(18)27-26-11)13-5-6-17(16(22)8-13)28-10-12-3-2-4-14(23)7-12/h2-8,19H,10,25H2,1H3,(H,26,27)/t19-/m1/s1. The lowest BCUT2D eigenvalue weighted by molar-refractivity contribution is 0.303. The van der Waals surface area contributed by atoms with Crippen molar-refractivity contribution in [3.05, 3.63) is 86.6 Å². The van der Waals surface area contributed by atoms with Crippen LogP contribution in [0.1, 0.15) is 28.3 Å². The highest BCUT2D eigenvalue weighted by atomic mass is 79.9. The predicted molar refractivity (Wildman–Crippen MR) is 107 cm³/mol. The van der Waals surface area contributed by atoms with Gasteiger partial charge in [-0.05, 0) is 58.2 Å². The SMILES string of the molecule is Cc1[nH]nc2c1[C@H](c1ccc(OCc3cccc(F)c3)c(Br)c1)C(C#N)=C(N)O2. The molecule has 8 heteroatoms. The fraction of sp³-hybridized carbons (Fsp3) is 0.143. The lowest BCUT2D eigenvalue weighted by atomic mass is 9.84. The highest BCUT2D eigenvalue weighted by Crippen LogP contribution is 2.44. The molecule has 146 valence electrons. The number of ether oxygens (including phenoxy) is 2. The van der Waals surface area contributed by atoms with Crippen LogP contribution in [0.5, 0.6) is 11.6 Å². The summed E-state index contributed by atoms with van der Waals surface area (Å²) in [6, 6.07) is 13.9. The number of nitriles is 1. The first-order valence-corrected chi connectivity index (χ1v) is 9.56. The number of fused-ring (bicyclic) bond motifs is 1. The molecule has 0 saturated carbocycles. The topological polar surface area (TPSA) is 97.0 Å². The number of nitrogens with zero attached hydrogens (tertiary/aromatic N) is 2. The Hall–Kier alpha value is -3.31. The summed E-state index contributed by atoms with van der Waals surface area (Å²) in [6.45, 7) is 2.10. The second-order valence-electron chi connectivity index (χ2n) is 6.60. The molecule has 0 bridgehead atoms. The maximum Gasteiger partial charge on any atom is 0.244 e. The Labute approximate surface area is 174 Å². The van der Waals surface area contributed by atoms with E-state index < -0.39 is 5.92 Å². The average molecular weight is 455 g/mol. The van der Waals surface area contributed by atoms with Crippen molar-refractivity contribution in [1.29, 1.82) is 5.26 Å². The number of nitrogens with one attached hydrogen (secondary N) is 1. The Morgan fingerprint density at radius 3 is 2.90 bits per heavy atom. The van der Waals surface area contributed by atoms with Crippen LogP contribution in [-0.4, -0.2) is 10.2 Å². The third-order valence-corrected chi connectivity index (χ3v) is 5.32. The summed E-state index contributed by atoms with van der Waals surface area (Å²) >= 11 is 3.52. The summed E-state index contributed by atoms with van der Waals surface area (Å²) in [7, 11) is 0. The molecule has 1 aliphatic heterocycles. The monoisotopic (exact) mass is 454 g/mol. The number of hydrogen-bond acceptors (Lipinski definition) is 5. The minimum absolute atomic E-state index is 0.0408. The van der Waals surface area contributed by atoms with Gasteiger partial charge in [-0.2, -0.15) is 5.26 Å². The molecular weight excluding hydrogens is 439 g/mol. The van der Waals surface area contributed by atoms with Crippen LogP contribution in [0.2, 0.25) is 0 Å². The van der Waals surface area contributed by atoms with E-state index in [1.807, 2.05) is 19.1 Å². The van der Waals surface area contributed by atoms with E-state index in [2.05, 4.69) is 32.2 Å². The molecule has 4 rings (SSSR count). The Morgan fingerprint density at radius 1 is 1.34 bits per heavy atom. The van der Waals surface area contributed by atoms with Gasteiger partial charge in [-0.3, -0.25) is 5.10 Å². The van der Waals surface area contributed by atoms with E-state index in [1.54, 1.807) is 18.2 Å². The van der Waals surface area contributed by atoms with Crippen molar-refractivity contribution in [2.24, 2.45) is 5.73 Å². The molecule has 6 nitrogen and oxygen atoms in total. The number of benzene rings is 2. The maximum absolute atomic E-state index is 13.3. The molecule has 3 N–H and O–H groups in total. The van der Waals surface area contributed by atoms with E-state index >= 15 is 0 Å². The maximum atomic E-state index is 13.3. The molecule has 1 aliphatic rings. The molecule has 0 radical (unpaired) electrons. The van der Waals surface area contributed by atoms with Crippen molar-refractivity contribution in [2.75, 3.05) is 0 Å². The Kier molecular flexibility index (Phi) is 4.99. The van der Waals surface area contributed by atoms with E-state index in [1.165, 1.54) is 12.1 Å². The molecule has 2 heterocycles. The zero-order valence-electron chi connectivity index (χ0n) is 15.4. The van der Waals surface area contributed by atoms with Gasteiger partial charge in [-0.1, -0.05) is 18.2 Å². The summed E-state index contributed by atoms with van der Waals surface area (Å²) in [5.74, 6) is 0.297. The van der Waals surface area contributed by atoms with E-state index in [4.69, 9.17) is 15.2 Å². The molecule has 2 aromatic carbocycles.